The molecule has 3 rings (SSSR count). The first kappa shape index (κ1) is 15.5. The van der Waals surface area contributed by atoms with E-state index in [1.165, 1.54) is 0 Å². The number of benzene rings is 2. The molecule has 0 aliphatic rings. The Morgan fingerprint density at radius 1 is 0.957 bits per heavy atom. The molecular formula is C18H18N2O2S. The topological polar surface area (TPSA) is 59.1 Å². The molecule has 1 aromatic heterocycles. The van der Waals surface area contributed by atoms with Gasteiger partial charge in [-0.15, -0.1) is 0 Å². The van der Waals surface area contributed by atoms with Crippen molar-refractivity contribution in [2.75, 3.05) is 11.1 Å². The third kappa shape index (κ3) is 3.51. The highest BCUT2D eigenvalue weighted by atomic mass is 32.2. The molecule has 0 atom stereocenters. The molecule has 0 spiro atoms. The summed E-state index contributed by atoms with van der Waals surface area (Å²) in [6, 6.07) is 18.9. The molecule has 0 fully saturated rings. The van der Waals surface area contributed by atoms with Crippen LogP contribution >= 0.6 is 0 Å². The molecule has 2 aromatic carbocycles. The number of para-hydroxylation sites is 1. The first-order valence-corrected chi connectivity index (χ1v) is 9.15. The fourth-order valence-corrected chi connectivity index (χ4v) is 3.22. The van der Waals surface area contributed by atoms with Crippen LogP contribution in [0.4, 0.5) is 5.82 Å². The van der Waals surface area contributed by atoms with Crippen LogP contribution in [0.2, 0.25) is 0 Å². The molecule has 0 saturated heterocycles. The highest BCUT2D eigenvalue weighted by Gasteiger charge is 2.10. The zero-order chi connectivity index (χ0) is 16.3. The van der Waals surface area contributed by atoms with Gasteiger partial charge in [-0.05, 0) is 35.9 Å². The van der Waals surface area contributed by atoms with E-state index in [-0.39, 0.29) is 5.75 Å². The molecule has 4 nitrogen and oxygen atoms in total. The molecular weight excluding hydrogens is 308 g/mol. The van der Waals surface area contributed by atoms with Crippen LogP contribution in [0.3, 0.4) is 0 Å². The molecule has 0 aliphatic carbocycles. The smallest absolute Gasteiger partial charge is 0.178 e. The van der Waals surface area contributed by atoms with Gasteiger partial charge in [0.25, 0.3) is 0 Å². The Kier molecular flexibility index (Phi) is 4.30. The van der Waals surface area contributed by atoms with E-state index in [2.05, 4.69) is 10.3 Å². The van der Waals surface area contributed by atoms with Crippen LogP contribution in [0.15, 0.2) is 65.6 Å². The molecule has 1 N–H and O–H groups in total. The number of aromatic nitrogens is 1. The van der Waals surface area contributed by atoms with Crippen LogP contribution < -0.4 is 5.32 Å². The Bertz CT molecular complexity index is 919. The highest BCUT2D eigenvalue weighted by molar-refractivity contribution is 7.91. The Morgan fingerprint density at radius 3 is 2.43 bits per heavy atom. The zero-order valence-corrected chi connectivity index (χ0v) is 13.7. The lowest BCUT2D eigenvalue weighted by Gasteiger charge is -2.08. The number of nitrogens with zero attached hydrogens (tertiary/aromatic N) is 1. The maximum atomic E-state index is 11.8. The van der Waals surface area contributed by atoms with Crippen LogP contribution in [-0.4, -0.2) is 19.2 Å². The van der Waals surface area contributed by atoms with Crippen molar-refractivity contribution in [2.45, 2.75) is 18.4 Å². The van der Waals surface area contributed by atoms with E-state index in [1.807, 2.05) is 48.5 Å². The van der Waals surface area contributed by atoms with E-state index >= 15 is 0 Å². The molecule has 0 radical (unpaired) electrons. The molecule has 118 valence electrons. The number of fused-ring (bicyclic) bond motifs is 1. The number of rotatable bonds is 5. The summed E-state index contributed by atoms with van der Waals surface area (Å²) in [6.07, 6.45) is 0. The van der Waals surface area contributed by atoms with Gasteiger partial charge in [0.05, 0.1) is 16.2 Å². The molecule has 23 heavy (non-hydrogen) atoms. The predicted octanol–water partition coefficient (Wildman–Crippen LogP) is 3.64. The number of hydrogen-bond acceptors (Lipinski definition) is 4. The standard InChI is InChI=1S/C18H18N2O2S/c1-2-23(21,22)16-10-7-14(8-11-16)13-19-18-12-9-15-5-3-4-6-17(15)20-18/h3-12H,2,13H2,1H3,(H,19,20). The van der Waals surface area contributed by atoms with Gasteiger partial charge < -0.3 is 5.32 Å². The molecule has 0 amide bonds. The van der Waals surface area contributed by atoms with Gasteiger partial charge in [-0.25, -0.2) is 13.4 Å². The summed E-state index contributed by atoms with van der Waals surface area (Å²) in [5.41, 5.74) is 1.96. The van der Waals surface area contributed by atoms with Gasteiger partial charge in [0, 0.05) is 11.9 Å². The van der Waals surface area contributed by atoms with E-state index in [0.717, 1.165) is 22.3 Å². The van der Waals surface area contributed by atoms with E-state index in [0.29, 0.717) is 11.4 Å². The summed E-state index contributed by atoms with van der Waals surface area (Å²) in [5, 5.41) is 4.37. The second-order valence-electron chi connectivity index (χ2n) is 5.29. The van der Waals surface area contributed by atoms with Gasteiger partial charge in [-0.3, -0.25) is 0 Å². The van der Waals surface area contributed by atoms with Crippen LogP contribution in [0.25, 0.3) is 10.9 Å². The summed E-state index contributed by atoms with van der Waals surface area (Å²) in [5.74, 6) is 0.917. The fraction of sp³-hybridized carbons (Fsp3) is 0.167. The van der Waals surface area contributed by atoms with E-state index in [4.69, 9.17) is 0 Å². The van der Waals surface area contributed by atoms with Crippen molar-refractivity contribution in [1.82, 2.24) is 4.98 Å². The van der Waals surface area contributed by atoms with Crippen molar-refractivity contribution < 1.29 is 8.42 Å². The largest absolute Gasteiger partial charge is 0.366 e. The van der Waals surface area contributed by atoms with Crippen molar-refractivity contribution in [3.8, 4) is 0 Å². The van der Waals surface area contributed by atoms with Crippen molar-refractivity contribution in [3.63, 3.8) is 0 Å². The van der Waals surface area contributed by atoms with E-state index in [9.17, 15) is 8.42 Å². The molecule has 0 saturated carbocycles. The molecule has 3 aromatic rings. The van der Waals surface area contributed by atoms with Crippen LogP contribution in [0.1, 0.15) is 12.5 Å². The minimum absolute atomic E-state index is 0.117. The monoisotopic (exact) mass is 326 g/mol. The lowest BCUT2D eigenvalue weighted by molar-refractivity contribution is 0.597. The Balaban J connectivity index is 1.72. The first-order valence-electron chi connectivity index (χ1n) is 7.50. The average Bonchev–Trinajstić information content (AvgIpc) is 2.60. The number of anilines is 1. The van der Waals surface area contributed by atoms with Crippen molar-refractivity contribution >= 4 is 26.6 Å². The minimum Gasteiger partial charge on any atom is -0.366 e. The first-order chi connectivity index (χ1) is 11.1. The lowest BCUT2D eigenvalue weighted by Crippen LogP contribution is -2.05. The van der Waals surface area contributed by atoms with Crippen molar-refractivity contribution in [2.24, 2.45) is 0 Å². The molecule has 1 heterocycles. The minimum atomic E-state index is -3.14. The Labute approximate surface area is 136 Å². The van der Waals surface area contributed by atoms with E-state index < -0.39 is 9.84 Å². The zero-order valence-electron chi connectivity index (χ0n) is 12.9. The lowest BCUT2D eigenvalue weighted by atomic mass is 10.2. The molecule has 5 heteroatoms. The number of nitrogens with one attached hydrogen (secondary N) is 1. The number of sulfone groups is 1. The van der Waals surface area contributed by atoms with Gasteiger partial charge in [-0.2, -0.15) is 0 Å². The number of hydrogen-bond donors (Lipinski definition) is 1. The second kappa shape index (κ2) is 6.38. The third-order valence-corrected chi connectivity index (χ3v) is 5.49. The van der Waals surface area contributed by atoms with Gasteiger partial charge in [-0.1, -0.05) is 37.3 Å². The normalized spacial score (nSPS) is 11.5. The molecule has 0 aliphatic heterocycles. The van der Waals surface area contributed by atoms with Crippen molar-refractivity contribution in [3.05, 3.63) is 66.2 Å². The molecule has 0 bridgehead atoms. The molecule has 0 unspecified atom stereocenters. The van der Waals surface area contributed by atoms with E-state index in [1.54, 1.807) is 19.1 Å². The van der Waals surface area contributed by atoms with Crippen molar-refractivity contribution in [1.29, 1.82) is 0 Å². The summed E-state index contributed by atoms with van der Waals surface area (Å²) >= 11 is 0. The summed E-state index contributed by atoms with van der Waals surface area (Å²) in [4.78, 5) is 4.92. The Hall–Kier alpha value is -2.40. The van der Waals surface area contributed by atoms with Crippen LogP contribution in [-0.2, 0) is 16.4 Å². The SMILES string of the molecule is CCS(=O)(=O)c1ccc(CNc2ccc3ccccc3n2)cc1. The van der Waals surface area contributed by atoms with Gasteiger partial charge >= 0.3 is 0 Å². The summed E-state index contributed by atoms with van der Waals surface area (Å²) in [6.45, 7) is 2.24. The van der Waals surface area contributed by atoms with Crippen LogP contribution in [0.5, 0.6) is 0 Å². The fourth-order valence-electron chi connectivity index (χ4n) is 2.34. The predicted molar refractivity (Wildman–Crippen MR) is 93.2 cm³/mol. The van der Waals surface area contributed by atoms with Crippen LogP contribution in [0, 0.1) is 0 Å². The third-order valence-electron chi connectivity index (χ3n) is 3.73. The van der Waals surface area contributed by atoms with Gasteiger partial charge in [0.1, 0.15) is 5.82 Å². The summed E-state index contributed by atoms with van der Waals surface area (Å²) in [7, 11) is -3.14. The summed E-state index contributed by atoms with van der Waals surface area (Å²) < 4.78 is 23.6. The quantitative estimate of drug-likeness (QED) is 0.777. The average molecular weight is 326 g/mol. The number of pyridine rings is 1. The van der Waals surface area contributed by atoms with Gasteiger partial charge in [0.15, 0.2) is 9.84 Å². The highest BCUT2D eigenvalue weighted by Crippen LogP contribution is 2.16. The maximum absolute atomic E-state index is 11.8. The second-order valence-corrected chi connectivity index (χ2v) is 7.57. The maximum Gasteiger partial charge on any atom is 0.178 e. The van der Waals surface area contributed by atoms with Gasteiger partial charge in [0.2, 0.25) is 0 Å². The Morgan fingerprint density at radius 2 is 1.70 bits per heavy atom.